The first-order valence-electron chi connectivity index (χ1n) is 5.13. The number of hydrogen-bond donors (Lipinski definition) is 1. The van der Waals surface area contributed by atoms with E-state index < -0.39 is 0 Å². The van der Waals surface area contributed by atoms with E-state index in [4.69, 9.17) is 0 Å². The zero-order chi connectivity index (χ0) is 12.1. The monoisotopic (exact) mass is 220 g/mol. The van der Waals surface area contributed by atoms with E-state index in [9.17, 15) is 10.1 Å². The van der Waals surface area contributed by atoms with Crippen LogP contribution in [0.3, 0.4) is 0 Å². The van der Waals surface area contributed by atoms with Crippen LogP contribution in [0.4, 0.5) is 5.69 Å². The van der Waals surface area contributed by atoms with Gasteiger partial charge in [-0.1, -0.05) is 12.2 Å². The summed E-state index contributed by atoms with van der Waals surface area (Å²) in [6.45, 7) is 4.46. The lowest BCUT2D eigenvalue weighted by molar-refractivity contribution is -0.385. The Balaban J connectivity index is 3.09. The van der Waals surface area contributed by atoms with E-state index in [1.165, 1.54) is 0 Å². The van der Waals surface area contributed by atoms with Crippen molar-refractivity contribution in [1.82, 2.24) is 5.32 Å². The minimum Gasteiger partial charge on any atom is -0.316 e. The third-order valence-corrected chi connectivity index (χ3v) is 2.40. The van der Waals surface area contributed by atoms with Crippen molar-refractivity contribution in [2.75, 3.05) is 13.6 Å². The first-order valence-corrected chi connectivity index (χ1v) is 5.13. The van der Waals surface area contributed by atoms with Gasteiger partial charge in [0.15, 0.2) is 0 Å². The van der Waals surface area contributed by atoms with Gasteiger partial charge in [0.25, 0.3) is 5.69 Å². The quantitative estimate of drug-likeness (QED) is 0.626. The summed E-state index contributed by atoms with van der Waals surface area (Å²) in [5, 5.41) is 13.8. The largest absolute Gasteiger partial charge is 0.316 e. The van der Waals surface area contributed by atoms with Crippen LogP contribution in [0.1, 0.15) is 16.7 Å². The molecule has 1 N–H and O–H groups in total. The molecule has 0 aliphatic carbocycles. The van der Waals surface area contributed by atoms with Gasteiger partial charge in [0.2, 0.25) is 0 Å². The maximum Gasteiger partial charge on any atom is 0.272 e. The van der Waals surface area contributed by atoms with Crippen LogP contribution in [0.25, 0.3) is 6.08 Å². The van der Waals surface area contributed by atoms with Crippen LogP contribution < -0.4 is 5.32 Å². The number of rotatable bonds is 4. The molecule has 0 spiro atoms. The molecule has 0 aromatic heterocycles. The van der Waals surface area contributed by atoms with Crippen LogP contribution in [0.2, 0.25) is 0 Å². The molecular formula is C12H16N2O2. The van der Waals surface area contributed by atoms with E-state index in [2.05, 4.69) is 5.32 Å². The molecule has 0 saturated heterocycles. The molecule has 0 amide bonds. The Kier molecular flexibility index (Phi) is 4.19. The van der Waals surface area contributed by atoms with Crippen molar-refractivity contribution in [3.63, 3.8) is 0 Å². The summed E-state index contributed by atoms with van der Waals surface area (Å²) in [5.41, 5.74) is 2.82. The molecule has 1 rings (SSSR count). The number of hydrogen-bond acceptors (Lipinski definition) is 3. The Labute approximate surface area is 95.1 Å². The molecule has 0 saturated carbocycles. The van der Waals surface area contributed by atoms with Gasteiger partial charge in [-0.05, 0) is 38.1 Å². The van der Waals surface area contributed by atoms with Crippen LogP contribution >= 0.6 is 0 Å². The molecule has 0 unspecified atom stereocenters. The van der Waals surface area contributed by atoms with E-state index in [1.54, 1.807) is 13.0 Å². The zero-order valence-corrected chi connectivity index (χ0v) is 9.78. The molecule has 86 valence electrons. The van der Waals surface area contributed by atoms with E-state index in [0.717, 1.165) is 17.7 Å². The van der Waals surface area contributed by atoms with Crippen LogP contribution in [0, 0.1) is 24.0 Å². The van der Waals surface area contributed by atoms with E-state index >= 15 is 0 Å². The van der Waals surface area contributed by atoms with Crippen molar-refractivity contribution >= 4 is 11.8 Å². The number of nitro groups is 1. The predicted octanol–water partition coefficient (Wildman–Crippen LogP) is 2.44. The van der Waals surface area contributed by atoms with Gasteiger partial charge in [0.1, 0.15) is 0 Å². The lowest BCUT2D eigenvalue weighted by Gasteiger charge is -2.03. The molecule has 0 aliphatic rings. The summed E-state index contributed by atoms with van der Waals surface area (Å²) in [6, 6.07) is 3.47. The van der Waals surface area contributed by atoms with Gasteiger partial charge < -0.3 is 5.32 Å². The number of nitro benzene ring substituents is 1. The van der Waals surface area contributed by atoms with Crippen molar-refractivity contribution < 1.29 is 4.92 Å². The number of benzene rings is 1. The summed E-state index contributed by atoms with van der Waals surface area (Å²) < 4.78 is 0. The van der Waals surface area contributed by atoms with Gasteiger partial charge in [-0.25, -0.2) is 0 Å². The smallest absolute Gasteiger partial charge is 0.272 e. The fourth-order valence-electron chi connectivity index (χ4n) is 1.54. The van der Waals surface area contributed by atoms with Crippen molar-refractivity contribution in [3.8, 4) is 0 Å². The zero-order valence-electron chi connectivity index (χ0n) is 9.78. The molecule has 0 heterocycles. The summed E-state index contributed by atoms with van der Waals surface area (Å²) >= 11 is 0. The molecule has 1 aromatic rings. The van der Waals surface area contributed by atoms with Gasteiger partial charge in [0.05, 0.1) is 4.92 Å². The minimum atomic E-state index is -0.343. The second-order valence-corrected chi connectivity index (χ2v) is 3.71. The SMILES string of the molecule is CNCC=Cc1cc([N+](=O)[O-])c(C)cc1C. The Morgan fingerprint density at radius 2 is 2.06 bits per heavy atom. The maximum atomic E-state index is 10.8. The van der Waals surface area contributed by atoms with Crippen molar-refractivity contribution in [2.45, 2.75) is 13.8 Å². The van der Waals surface area contributed by atoms with Crippen LogP contribution in [0.15, 0.2) is 18.2 Å². The Morgan fingerprint density at radius 1 is 1.38 bits per heavy atom. The molecular weight excluding hydrogens is 204 g/mol. The molecule has 4 heteroatoms. The van der Waals surface area contributed by atoms with Crippen LogP contribution in [-0.2, 0) is 0 Å². The molecule has 4 nitrogen and oxygen atoms in total. The molecule has 0 radical (unpaired) electrons. The van der Waals surface area contributed by atoms with Crippen molar-refractivity contribution in [2.24, 2.45) is 0 Å². The van der Waals surface area contributed by atoms with Gasteiger partial charge in [-0.2, -0.15) is 0 Å². The van der Waals surface area contributed by atoms with E-state index in [0.29, 0.717) is 5.56 Å². The van der Waals surface area contributed by atoms with Crippen molar-refractivity contribution in [1.29, 1.82) is 0 Å². The number of likely N-dealkylation sites (N-methyl/N-ethyl adjacent to an activating group) is 1. The Bertz CT molecular complexity index is 425. The second kappa shape index (κ2) is 5.42. The Hall–Kier alpha value is -1.68. The van der Waals surface area contributed by atoms with Gasteiger partial charge in [-0.3, -0.25) is 10.1 Å². The maximum absolute atomic E-state index is 10.8. The molecule has 1 aromatic carbocycles. The fraction of sp³-hybridized carbons (Fsp3) is 0.333. The Morgan fingerprint density at radius 3 is 2.62 bits per heavy atom. The standard InChI is InChI=1S/C12H16N2O2/c1-9-7-10(2)12(14(15)16)8-11(9)5-4-6-13-3/h4-5,7-8,13H,6H2,1-3H3. The molecule has 0 fully saturated rings. The molecule has 0 bridgehead atoms. The predicted molar refractivity (Wildman–Crippen MR) is 65.5 cm³/mol. The lowest BCUT2D eigenvalue weighted by atomic mass is 10.0. The minimum absolute atomic E-state index is 0.176. The number of nitrogens with zero attached hydrogens (tertiary/aromatic N) is 1. The van der Waals surface area contributed by atoms with Gasteiger partial charge >= 0.3 is 0 Å². The first kappa shape index (κ1) is 12.4. The van der Waals surface area contributed by atoms with E-state index in [-0.39, 0.29) is 10.6 Å². The van der Waals surface area contributed by atoms with Crippen LogP contribution in [0.5, 0.6) is 0 Å². The molecule has 0 atom stereocenters. The third kappa shape index (κ3) is 2.90. The van der Waals surface area contributed by atoms with Crippen LogP contribution in [-0.4, -0.2) is 18.5 Å². The topological polar surface area (TPSA) is 55.2 Å². The van der Waals surface area contributed by atoms with Crippen molar-refractivity contribution in [3.05, 3.63) is 45.0 Å². The second-order valence-electron chi connectivity index (χ2n) is 3.71. The number of aryl methyl sites for hydroxylation is 2. The molecule has 16 heavy (non-hydrogen) atoms. The van der Waals surface area contributed by atoms with Gasteiger partial charge in [0, 0.05) is 18.2 Å². The average Bonchev–Trinajstić information content (AvgIpc) is 2.21. The summed E-state index contributed by atoms with van der Waals surface area (Å²) in [5.74, 6) is 0. The third-order valence-electron chi connectivity index (χ3n) is 2.40. The first-order chi connectivity index (χ1) is 7.56. The average molecular weight is 220 g/mol. The highest BCUT2D eigenvalue weighted by atomic mass is 16.6. The lowest BCUT2D eigenvalue weighted by Crippen LogP contribution is -2.03. The fourth-order valence-corrected chi connectivity index (χ4v) is 1.54. The summed E-state index contributed by atoms with van der Waals surface area (Å²) in [4.78, 5) is 10.4. The summed E-state index contributed by atoms with van der Waals surface area (Å²) in [7, 11) is 1.86. The van der Waals surface area contributed by atoms with E-state index in [1.807, 2.05) is 32.2 Å². The summed E-state index contributed by atoms with van der Waals surface area (Å²) in [6.07, 6.45) is 3.85. The number of nitrogens with one attached hydrogen (secondary N) is 1. The normalized spacial score (nSPS) is 10.9. The van der Waals surface area contributed by atoms with Gasteiger partial charge in [-0.15, -0.1) is 0 Å². The highest BCUT2D eigenvalue weighted by Gasteiger charge is 2.11. The highest BCUT2D eigenvalue weighted by molar-refractivity contribution is 5.60. The molecule has 0 aliphatic heterocycles. The highest BCUT2D eigenvalue weighted by Crippen LogP contribution is 2.23.